The molecule has 0 saturated heterocycles. The molecule has 16 heavy (non-hydrogen) atoms. The van der Waals surface area contributed by atoms with Crippen LogP contribution >= 0.6 is 11.8 Å². The molecule has 94 valence electrons. The molecule has 0 aromatic heterocycles. The van der Waals surface area contributed by atoms with Gasteiger partial charge in [-0.15, -0.1) is 0 Å². The van der Waals surface area contributed by atoms with E-state index in [4.69, 9.17) is 5.73 Å². The first kappa shape index (κ1) is 13.8. The van der Waals surface area contributed by atoms with Crippen molar-refractivity contribution in [2.75, 3.05) is 12.8 Å². The zero-order valence-corrected chi connectivity index (χ0v) is 11.2. The monoisotopic (exact) mass is 244 g/mol. The quantitative estimate of drug-likeness (QED) is 0.748. The SMILES string of the molecule is CCCC(CN)C(=O)NC1CCCC1SC. The van der Waals surface area contributed by atoms with Gasteiger partial charge in [0.2, 0.25) is 5.91 Å². The van der Waals surface area contributed by atoms with E-state index in [0.717, 1.165) is 19.3 Å². The first-order valence-electron chi connectivity index (χ1n) is 6.26. The maximum absolute atomic E-state index is 12.0. The van der Waals surface area contributed by atoms with Crippen LogP contribution in [0.1, 0.15) is 39.0 Å². The summed E-state index contributed by atoms with van der Waals surface area (Å²) in [5.41, 5.74) is 5.64. The Hall–Kier alpha value is -0.220. The lowest BCUT2D eigenvalue weighted by Gasteiger charge is -2.22. The lowest BCUT2D eigenvalue weighted by molar-refractivity contribution is -0.125. The summed E-state index contributed by atoms with van der Waals surface area (Å²) in [6.45, 7) is 2.56. The van der Waals surface area contributed by atoms with Crippen molar-refractivity contribution in [3.63, 3.8) is 0 Å². The van der Waals surface area contributed by atoms with Gasteiger partial charge in [0, 0.05) is 17.8 Å². The normalized spacial score (nSPS) is 26.7. The zero-order chi connectivity index (χ0) is 12.0. The van der Waals surface area contributed by atoms with Gasteiger partial charge in [0.1, 0.15) is 0 Å². The van der Waals surface area contributed by atoms with E-state index in [-0.39, 0.29) is 11.8 Å². The predicted molar refractivity (Wildman–Crippen MR) is 70.5 cm³/mol. The molecule has 1 amide bonds. The third-order valence-corrected chi connectivity index (χ3v) is 4.55. The maximum atomic E-state index is 12.0. The van der Waals surface area contributed by atoms with Gasteiger partial charge in [-0.05, 0) is 25.5 Å². The van der Waals surface area contributed by atoms with Crippen LogP contribution in [0.15, 0.2) is 0 Å². The molecule has 1 aliphatic rings. The van der Waals surface area contributed by atoms with Gasteiger partial charge < -0.3 is 11.1 Å². The topological polar surface area (TPSA) is 55.1 Å². The summed E-state index contributed by atoms with van der Waals surface area (Å²) in [6, 6.07) is 0.369. The fourth-order valence-electron chi connectivity index (χ4n) is 2.38. The Balaban J connectivity index is 2.42. The summed E-state index contributed by atoms with van der Waals surface area (Å²) in [6.07, 6.45) is 7.64. The predicted octanol–water partition coefficient (Wildman–Crippen LogP) is 1.76. The highest BCUT2D eigenvalue weighted by molar-refractivity contribution is 7.99. The van der Waals surface area contributed by atoms with Gasteiger partial charge in [0.25, 0.3) is 0 Å². The van der Waals surface area contributed by atoms with Crippen molar-refractivity contribution < 1.29 is 4.79 Å². The number of nitrogens with one attached hydrogen (secondary N) is 1. The van der Waals surface area contributed by atoms with Crippen molar-refractivity contribution in [1.82, 2.24) is 5.32 Å². The fraction of sp³-hybridized carbons (Fsp3) is 0.917. The maximum Gasteiger partial charge on any atom is 0.224 e. The van der Waals surface area contributed by atoms with Crippen molar-refractivity contribution in [2.24, 2.45) is 11.7 Å². The number of rotatable bonds is 6. The van der Waals surface area contributed by atoms with Gasteiger partial charge in [-0.3, -0.25) is 4.79 Å². The first-order chi connectivity index (χ1) is 7.72. The zero-order valence-electron chi connectivity index (χ0n) is 10.4. The van der Waals surface area contributed by atoms with Crippen LogP contribution < -0.4 is 11.1 Å². The number of amides is 1. The Bertz CT molecular complexity index is 223. The van der Waals surface area contributed by atoms with Gasteiger partial charge in [-0.1, -0.05) is 19.8 Å². The smallest absolute Gasteiger partial charge is 0.224 e. The van der Waals surface area contributed by atoms with Gasteiger partial charge in [0.15, 0.2) is 0 Å². The summed E-state index contributed by atoms with van der Waals surface area (Å²) < 4.78 is 0. The Morgan fingerprint density at radius 1 is 1.56 bits per heavy atom. The molecule has 0 aromatic carbocycles. The number of carbonyl (C=O) groups excluding carboxylic acids is 1. The highest BCUT2D eigenvalue weighted by Gasteiger charge is 2.29. The standard InChI is InChI=1S/C12H24N2OS/c1-3-5-9(8-13)12(15)14-10-6-4-7-11(10)16-2/h9-11H,3-8,13H2,1-2H3,(H,14,15). The molecule has 0 radical (unpaired) electrons. The van der Waals surface area contributed by atoms with Crippen LogP contribution in [-0.4, -0.2) is 30.0 Å². The lowest BCUT2D eigenvalue weighted by Crippen LogP contribution is -2.43. The minimum Gasteiger partial charge on any atom is -0.352 e. The van der Waals surface area contributed by atoms with Gasteiger partial charge in [-0.25, -0.2) is 0 Å². The van der Waals surface area contributed by atoms with E-state index in [0.29, 0.717) is 17.8 Å². The molecular formula is C12H24N2OS. The van der Waals surface area contributed by atoms with Gasteiger partial charge >= 0.3 is 0 Å². The summed E-state index contributed by atoms with van der Waals surface area (Å²) in [7, 11) is 0. The van der Waals surface area contributed by atoms with Gasteiger partial charge in [0.05, 0.1) is 5.92 Å². The second-order valence-corrected chi connectivity index (χ2v) is 5.62. The third-order valence-electron chi connectivity index (χ3n) is 3.38. The molecule has 0 aliphatic heterocycles. The molecule has 3 N–H and O–H groups in total. The van der Waals surface area contributed by atoms with E-state index in [1.165, 1.54) is 12.8 Å². The molecule has 0 bridgehead atoms. The summed E-state index contributed by atoms with van der Waals surface area (Å²) in [5, 5.41) is 3.78. The molecule has 1 fully saturated rings. The van der Waals surface area contributed by atoms with Crippen molar-refractivity contribution in [1.29, 1.82) is 0 Å². The average molecular weight is 244 g/mol. The van der Waals surface area contributed by atoms with Gasteiger partial charge in [-0.2, -0.15) is 11.8 Å². The van der Waals surface area contributed by atoms with Crippen molar-refractivity contribution in [2.45, 2.75) is 50.3 Å². The number of thioether (sulfide) groups is 1. The van der Waals surface area contributed by atoms with Crippen molar-refractivity contribution in [3.05, 3.63) is 0 Å². The molecule has 3 atom stereocenters. The third kappa shape index (κ3) is 3.67. The van der Waals surface area contributed by atoms with Crippen LogP contribution in [0.4, 0.5) is 0 Å². The van der Waals surface area contributed by atoms with Crippen LogP contribution in [0.5, 0.6) is 0 Å². The summed E-state index contributed by atoms with van der Waals surface area (Å²) in [5.74, 6) is 0.170. The number of hydrogen-bond acceptors (Lipinski definition) is 3. The van der Waals surface area contributed by atoms with Crippen molar-refractivity contribution >= 4 is 17.7 Å². The van der Waals surface area contributed by atoms with E-state index >= 15 is 0 Å². The molecule has 1 saturated carbocycles. The van der Waals surface area contributed by atoms with Crippen LogP contribution in [0.2, 0.25) is 0 Å². The number of nitrogens with two attached hydrogens (primary N) is 1. The molecule has 0 aromatic rings. The summed E-state index contributed by atoms with van der Waals surface area (Å²) >= 11 is 1.87. The van der Waals surface area contributed by atoms with Crippen LogP contribution in [0, 0.1) is 5.92 Å². The van der Waals surface area contributed by atoms with E-state index < -0.39 is 0 Å². The Morgan fingerprint density at radius 2 is 2.31 bits per heavy atom. The van der Waals surface area contributed by atoms with Crippen LogP contribution in [0.3, 0.4) is 0 Å². The Labute approximate surface area is 103 Å². The molecule has 0 heterocycles. The minimum atomic E-state index is 0.00751. The average Bonchev–Trinajstić information content (AvgIpc) is 2.72. The molecule has 3 unspecified atom stereocenters. The Morgan fingerprint density at radius 3 is 2.88 bits per heavy atom. The fourth-order valence-corrected chi connectivity index (χ4v) is 3.31. The molecular weight excluding hydrogens is 220 g/mol. The largest absolute Gasteiger partial charge is 0.352 e. The number of carbonyl (C=O) groups is 1. The second-order valence-electron chi connectivity index (χ2n) is 4.54. The molecule has 4 heteroatoms. The molecule has 0 spiro atoms. The van der Waals surface area contributed by atoms with Crippen LogP contribution in [0.25, 0.3) is 0 Å². The van der Waals surface area contributed by atoms with E-state index in [2.05, 4.69) is 18.5 Å². The first-order valence-corrected chi connectivity index (χ1v) is 7.55. The minimum absolute atomic E-state index is 0.00751. The summed E-state index contributed by atoms with van der Waals surface area (Å²) in [4.78, 5) is 12.0. The second kappa shape index (κ2) is 7.17. The van der Waals surface area contributed by atoms with E-state index in [9.17, 15) is 4.79 Å². The molecule has 1 rings (SSSR count). The Kier molecular flexibility index (Phi) is 6.21. The lowest BCUT2D eigenvalue weighted by atomic mass is 10.0. The molecule has 3 nitrogen and oxygen atoms in total. The van der Waals surface area contributed by atoms with E-state index in [1.54, 1.807) is 0 Å². The highest BCUT2D eigenvalue weighted by Crippen LogP contribution is 2.28. The number of hydrogen-bond donors (Lipinski definition) is 2. The molecule has 1 aliphatic carbocycles. The van der Waals surface area contributed by atoms with Crippen molar-refractivity contribution in [3.8, 4) is 0 Å². The van der Waals surface area contributed by atoms with Crippen LogP contribution in [-0.2, 0) is 4.79 Å². The highest BCUT2D eigenvalue weighted by atomic mass is 32.2. The van der Waals surface area contributed by atoms with E-state index in [1.807, 2.05) is 11.8 Å².